The molecule has 3 heterocycles. The van der Waals surface area contributed by atoms with Crippen LogP contribution in [0.4, 0.5) is 23.2 Å². The minimum absolute atomic E-state index is 0.0982. The predicted molar refractivity (Wildman–Crippen MR) is 102 cm³/mol. The van der Waals surface area contributed by atoms with Crippen molar-refractivity contribution in [1.29, 1.82) is 0 Å². The van der Waals surface area contributed by atoms with Gasteiger partial charge in [0, 0.05) is 18.4 Å². The van der Waals surface area contributed by atoms with Crippen molar-refractivity contribution in [2.45, 2.75) is 24.6 Å². The van der Waals surface area contributed by atoms with Crippen LogP contribution in [0.1, 0.15) is 28.9 Å². The maximum atomic E-state index is 13.6. The molecule has 2 aliphatic heterocycles. The number of halogens is 4. The summed E-state index contributed by atoms with van der Waals surface area (Å²) >= 11 is 0. The number of benzene rings is 1. The number of rotatable bonds is 2. The number of carbonyl (C=O) groups excluding carboxylic acids is 2. The molecule has 2 amide bonds. The molecule has 10 heteroatoms. The number of anilines is 1. The zero-order valence-corrected chi connectivity index (χ0v) is 16.4. The highest BCUT2D eigenvalue weighted by atomic mass is 19.4. The van der Waals surface area contributed by atoms with Crippen LogP contribution in [-0.2, 0) is 15.7 Å². The van der Waals surface area contributed by atoms with Gasteiger partial charge in [0.2, 0.25) is 0 Å². The Morgan fingerprint density at radius 2 is 1.97 bits per heavy atom. The quantitative estimate of drug-likeness (QED) is 0.677. The Hall–Kier alpha value is -3.01. The second-order valence-corrected chi connectivity index (χ2v) is 7.69. The molecule has 1 atom stereocenters. The van der Waals surface area contributed by atoms with Gasteiger partial charge >= 0.3 is 6.18 Å². The van der Waals surface area contributed by atoms with Crippen molar-refractivity contribution < 1.29 is 31.9 Å². The van der Waals surface area contributed by atoms with Crippen molar-refractivity contribution in [1.82, 2.24) is 9.88 Å². The first-order valence-electron chi connectivity index (χ1n) is 9.69. The van der Waals surface area contributed by atoms with Gasteiger partial charge in [-0.3, -0.25) is 14.6 Å². The van der Waals surface area contributed by atoms with Crippen LogP contribution in [0.25, 0.3) is 0 Å². The monoisotopic (exact) mass is 437 g/mol. The minimum atomic E-state index is -4.54. The maximum absolute atomic E-state index is 13.6. The number of pyridine rings is 1. The molecule has 6 nitrogen and oxygen atoms in total. The summed E-state index contributed by atoms with van der Waals surface area (Å²) in [6.07, 6.45) is -2.74. The molecule has 0 saturated carbocycles. The largest absolute Gasteiger partial charge is 0.417 e. The molecule has 164 valence electrons. The third-order valence-electron chi connectivity index (χ3n) is 5.51. The number of likely N-dealkylation sites (tertiary alicyclic amines) is 1. The zero-order chi connectivity index (χ0) is 22.2. The van der Waals surface area contributed by atoms with Crippen LogP contribution in [0.15, 0.2) is 42.6 Å². The Balaban J connectivity index is 1.52. The molecule has 0 bridgehead atoms. The van der Waals surface area contributed by atoms with Crippen molar-refractivity contribution in [2.75, 3.05) is 31.1 Å². The molecule has 0 N–H and O–H groups in total. The van der Waals surface area contributed by atoms with Crippen molar-refractivity contribution >= 4 is 17.5 Å². The molecule has 1 unspecified atom stereocenters. The van der Waals surface area contributed by atoms with Gasteiger partial charge in [0.1, 0.15) is 23.7 Å². The first-order valence-corrected chi connectivity index (χ1v) is 9.69. The number of nitrogens with zero attached hydrogens (tertiary/aromatic N) is 3. The van der Waals surface area contributed by atoms with E-state index in [0.29, 0.717) is 31.3 Å². The summed E-state index contributed by atoms with van der Waals surface area (Å²) in [6.45, 7) is 0.463. The van der Waals surface area contributed by atoms with E-state index in [1.807, 2.05) is 0 Å². The van der Waals surface area contributed by atoms with E-state index in [4.69, 9.17) is 4.74 Å². The Kier molecular flexibility index (Phi) is 5.42. The Labute approximate surface area is 175 Å². The fourth-order valence-electron chi connectivity index (χ4n) is 3.96. The average Bonchev–Trinajstić information content (AvgIpc) is 2.75. The molecule has 0 radical (unpaired) electrons. The Morgan fingerprint density at radius 1 is 1.16 bits per heavy atom. The Morgan fingerprint density at radius 3 is 2.65 bits per heavy atom. The fraction of sp³-hybridized carbons (Fsp3) is 0.381. The van der Waals surface area contributed by atoms with Crippen molar-refractivity contribution in [3.05, 3.63) is 59.7 Å². The van der Waals surface area contributed by atoms with Gasteiger partial charge in [0.05, 0.1) is 18.7 Å². The van der Waals surface area contributed by atoms with Gasteiger partial charge in [-0.1, -0.05) is 6.07 Å². The lowest BCUT2D eigenvalue weighted by molar-refractivity contribution is -0.144. The summed E-state index contributed by atoms with van der Waals surface area (Å²) in [4.78, 5) is 31.8. The topological polar surface area (TPSA) is 62.7 Å². The van der Waals surface area contributed by atoms with Crippen LogP contribution < -0.4 is 4.90 Å². The van der Waals surface area contributed by atoms with E-state index in [1.54, 1.807) is 6.07 Å². The van der Waals surface area contributed by atoms with Crippen molar-refractivity contribution in [3.63, 3.8) is 0 Å². The number of alkyl halides is 3. The summed E-state index contributed by atoms with van der Waals surface area (Å²) in [7, 11) is 0. The lowest BCUT2D eigenvalue weighted by Gasteiger charge is -2.47. The van der Waals surface area contributed by atoms with Crippen molar-refractivity contribution in [2.24, 2.45) is 0 Å². The number of piperidine rings is 1. The van der Waals surface area contributed by atoms with E-state index in [0.717, 1.165) is 12.1 Å². The van der Waals surface area contributed by atoms with Crippen LogP contribution >= 0.6 is 0 Å². The molecular formula is C21H19F4N3O3. The number of amides is 2. The van der Waals surface area contributed by atoms with Crippen LogP contribution in [0.5, 0.6) is 0 Å². The van der Waals surface area contributed by atoms with E-state index in [-0.39, 0.29) is 31.3 Å². The molecule has 0 aliphatic carbocycles. The summed E-state index contributed by atoms with van der Waals surface area (Å²) in [6, 6.07) is 7.54. The molecule has 2 fully saturated rings. The first-order chi connectivity index (χ1) is 14.7. The summed E-state index contributed by atoms with van der Waals surface area (Å²) in [5, 5.41) is 0. The standard InChI is InChI=1S/C21H19F4N3O3/c22-15-3-1-4-16(9-15)28-13-20(31-11-18(28)29)7-2-8-27(12-20)19(30)17-6-5-14(10-26-17)21(23,24)25/h1,3-6,9-10H,2,7-8,11-13H2. The number of carbonyl (C=O) groups is 2. The van der Waals surface area contributed by atoms with E-state index in [1.165, 1.54) is 28.0 Å². The first kappa shape index (κ1) is 21.2. The van der Waals surface area contributed by atoms with Gasteiger partial charge < -0.3 is 14.5 Å². The lowest BCUT2D eigenvalue weighted by Crippen LogP contribution is -2.62. The molecular weight excluding hydrogens is 418 g/mol. The molecule has 1 spiro atoms. The van der Waals surface area contributed by atoms with Gasteiger partial charge in [-0.15, -0.1) is 0 Å². The second kappa shape index (κ2) is 7.92. The van der Waals surface area contributed by atoms with E-state index < -0.39 is 29.1 Å². The normalized spacial score (nSPS) is 22.1. The van der Waals surface area contributed by atoms with Crippen molar-refractivity contribution in [3.8, 4) is 0 Å². The molecule has 1 aromatic heterocycles. The van der Waals surface area contributed by atoms with Gasteiger partial charge in [-0.2, -0.15) is 13.2 Å². The maximum Gasteiger partial charge on any atom is 0.417 e. The minimum Gasteiger partial charge on any atom is -0.361 e. The van der Waals surface area contributed by atoms with E-state index in [2.05, 4.69) is 4.98 Å². The van der Waals surface area contributed by atoms with Crippen LogP contribution in [0.3, 0.4) is 0 Å². The third-order valence-corrected chi connectivity index (χ3v) is 5.51. The molecule has 2 aromatic rings. The predicted octanol–water partition coefficient (Wildman–Crippen LogP) is 3.28. The van der Waals surface area contributed by atoms with Gasteiger partial charge in [0.15, 0.2) is 0 Å². The Bertz CT molecular complexity index is 996. The smallest absolute Gasteiger partial charge is 0.361 e. The van der Waals surface area contributed by atoms with E-state index in [9.17, 15) is 27.2 Å². The highest BCUT2D eigenvalue weighted by Crippen LogP contribution is 2.33. The fourth-order valence-corrected chi connectivity index (χ4v) is 3.96. The number of morpholine rings is 1. The summed E-state index contributed by atoms with van der Waals surface area (Å²) in [5.74, 6) is -1.30. The third kappa shape index (κ3) is 4.39. The van der Waals surface area contributed by atoms with Crippen LogP contribution in [0.2, 0.25) is 0 Å². The average molecular weight is 437 g/mol. The molecule has 2 saturated heterocycles. The second-order valence-electron chi connectivity index (χ2n) is 7.69. The molecule has 1 aromatic carbocycles. The van der Waals surface area contributed by atoms with E-state index >= 15 is 0 Å². The summed E-state index contributed by atoms with van der Waals surface area (Å²) in [5.41, 5.74) is -1.47. The lowest BCUT2D eigenvalue weighted by atomic mass is 9.90. The molecule has 31 heavy (non-hydrogen) atoms. The van der Waals surface area contributed by atoms with Crippen LogP contribution in [-0.4, -0.2) is 53.5 Å². The molecule has 2 aliphatic rings. The summed E-state index contributed by atoms with van der Waals surface area (Å²) < 4.78 is 57.7. The zero-order valence-electron chi connectivity index (χ0n) is 16.4. The van der Waals surface area contributed by atoms with Gasteiger partial charge in [-0.25, -0.2) is 4.39 Å². The molecule has 4 rings (SSSR count). The highest BCUT2D eigenvalue weighted by Gasteiger charge is 2.45. The SMILES string of the molecule is O=C(c1ccc(C(F)(F)F)cn1)N1CCCC2(C1)CN(c1cccc(F)c1)C(=O)CO2. The number of hydrogen-bond acceptors (Lipinski definition) is 4. The number of hydrogen-bond donors (Lipinski definition) is 0. The number of ether oxygens (including phenoxy) is 1. The number of aromatic nitrogens is 1. The highest BCUT2D eigenvalue weighted by molar-refractivity contribution is 5.95. The van der Waals surface area contributed by atoms with Gasteiger partial charge in [-0.05, 0) is 43.2 Å². The van der Waals surface area contributed by atoms with Gasteiger partial charge in [0.25, 0.3) is 11.8 Å². The van der Waals surface area contributed by atoms with Crippen LogP contribution in [0, 0.1) is 5.82 Å².